The van der Waals surface area contributed by atoms with Crippen LogP contribution in [0.15, 0.2) is 18.2 Å². The lowest BCUT2D eigenvalue weighted by Gasteiger charge is -2.32. The zero-order chi connectivity index (χ0) is 11.1. The van der Waals surface area contributed by atoms with Crippen LogP contribution in [0.25, 0.3) is 0 Å². The molecule has 2 rings (SSSR count). The molecule has 0 saturated carbocycles. The van der Waals surface area contributed by atoms with Gasteiger partial charge in [0.1, 0.15) is 11.4 Å². The Labute approximate surface area is 94.2 Å². The summed E-state index contributed by atoms with van der Waals surface area (Å²) < 4.78 is 5.80. The van der Waals surface area contributed by atoms with E-state index in [1.165, 1.54) is 0 Å². The second kappa shape index (κ2) is 3.53. The summed E-state index contributed by atoms with van der Waals surface area (Å²) in [6.07, 6.45) is 1.89. The summed E-state index contributed by atoms with van der Waals surface area (Å²) in [6, 6.07) is 5.35. The molecule has 1 heterocycles. The smallest absolute Gasteiger partial charge is 0.252 e. The van der Waals surface area contributed by atoms with Crippen LogP contribution >= 0.6 is 11.6 Å². The average Bonchev–Trinajstić information content (AvgIpc) is 2.15. The van der Waals surface area contributed by atoms with Gasteiger partial charge in [-0.05, 0) is 62.1 Å². The SMILES string of the molecule is CC1(C)CCc2cc(C(=O)Cl)ccc2O1. The molecule has 0 N–H and O–H groups in total. The Bertz CT molecular complexity index is 410. The first-order chi connectivity index (χ1) is 6.98. The molecule has 0 aliphatic carbocycles. The van der Waals surface area contributed by atoms with Crippen LogP contribution in [0.3, 0.4) is 0 Å². The van der Waals surface area contributed by atoms with Gasteiger partial charge in [-0.25, -0.2) is 0 Å². The molecule has 3 heteroatoms. The molecule has 0 unspecified atom stereocenters. The van der Waals surface area contributed by atoms with Crippen molar-refractivity contribution in [2.45, 2.75) is 32.3 Å². The minimum Gasteiger partial charge on any atom is -0.488 e. The van der Waals surface area contributed by atoms with Crippen LogP contribution in [0.4, 0.5) is 0 Å². The van der Waals surface area contributed by atoms with Gasteiger partial charge < -0.3 is 4.74 Å². The van der Waals surface area contributed by atoms with Crippen molar-refractivity contribution < 1.29 is 9.53 Å². The number of carbonyl (C=O) groups is 1. The number of hydrogen-bond donors (Lipinski definition) is 0. The van der Waals surface area contributed by atoms with Crippen LogP contribution in [0.2, 0.25) is 0 Å². The highest BCUT2D eigenvalue weighted by atomic mass is 35.5. The molecule has 0 bridgehead atoms. The maximum atomic E-state index is 11.0. The van der Waals surface area contributed by atoms with Crippen LogP contribution in [0.5, 0.6) is 5.75 Å². The Morgan fingerprint density at radius 3 is 2.87 bits per heavy atom. The van der Waals surface area contributed by atoms with Crippen molar-refractivity contribution in [3.05, 3.63) is 29.3 Å². The molecule has 1 aromatic carbocycles. The minimum absolute atomic E-state index is 0.112. The quantitative estimate of drug-likeness (QED) is 0.685. The molecule has 0 radical (unpaired) electrons. The van der Waals surface area contributed by atoms with Crippen molar-refractivity contribution >= 4 is 16.8 Å². The molecule has 0 spiro atoms. The Morgan fingerprint density at radius 2 is 2.20 bits per heavy atom. The van der Waals surface area contributed by atoms with Gasteiger partial charge in [-0.3, -0.25) is 4.79 Å². The molecule has 0 saturated heterocycles. The highest BCUT2D eigenvalue weighted by Gasteiger charge is 2.26. The molecular weight excluding hydrogens is 212 g/mol. The van der Waals surface area contributed by atoms with E-state index in [1.54, 1.807) is 6.07 Å². The van der Waals surface area contributed by atoms with Crippen LogP contribution in [0.1, 0.15) is 36.2 Å². The van der Waals surface area contributed by atoms with E-state index in [0.717, 1.165) is 24.2 Å². The molecule has 15 heavy (non-hydrogen) atoms. The summed E-state index contributed by atoms with van der Waals surface area (Å²) in [5, 5.41) is -0.414. The molecule has 1 aliphatic heterocycles. The first-order valence-corrected chi connectivity index (χ1v) is 5.37. The molecule has 1 aliphatic rings. The van der Waals surface area contributed by atoms with Gasteiger partial charge in [0.25, 0.3) is 5.24 Å². The van der Waals surface area contributed by atoms with Crippen molar-refractivity contribution in [3.8, 4) is 5.75 Å². The Morgan fingerprint density at radius 1 is 1.47 bits per heavy atom. The average molecular weight is 225 g/mol. The van der Waals surface area contributed by atoms with Gasteiger partial charge in [0, 0.05) is 5.56 Å². The van der Waals surface area contributed by atoms with Gasteiger partial charge in [-0.15, -0.1) is 0 Å². The molecule has 0 atom stereocenters. The monoisotopic (exact) mass is 224 g/mol. The number of fused-ring (bicyclic) bond motifs is 1. The van der Waals surface area contributed by atoms with Crippen LogP contribution in [-0.4, -0.2) is 10.8 Å². The van der Waals surface area contributed by atoms with Crippen molar-refractivity contribution in [3.63, 3.8) is 0 Å². The fraction of sp³-hybridized carbons (Fsp3) is 0.417. The van der Waals surface area contributed by atoms with Crippen molar-refractivity contribution in [1.82, 2.24) is 0 Å². The van der Waals surface area contributed by atoms with E-state index in [4.69, 9.17) is 16.3 Å². The van der Waals surface area contributed by atoms with Gasteiger partial charge >= 0.3 is 0 Å². The van der Waals surface area contributed by atoms with Crippen LogP contribution in [0, 0.1) is 0 Å². The van der Waals surface area contributed by atoms with Gasteiger partial charge in [0.15, 0.2) is 0 Å². The van der Waals surface area contributed by atoms with Crippen molar-refractivity contribution in [1.29, 1.82) is 0 Å². The van der Waals surface area contributed by atoms with Crippen LogP contribution in [-0.2, 0) is 6.42 Å². The van der Waals surface area contributed by atoms with E-state index in [2.05, 4.69) is 13.8 Å². The summed E-state index contributed by atoms with van der Waals surface area (Å²) in [4.78, 5) is 11.0. The van der Waals surface area contributed by atoms with E-state index in [-0.39, 0.29) is 5.60 Å². The summed E-state index contributed by atoms with van der Waals surface area (Å²) in [5.41, 5.74) is 1.50. The predicted molar refractivity (Wildman–Crippen MR) is 59.7 cm³/mol. The fourth-order valence-electron chi connectivity index (χ4n) is 1.78. The largest absolute Gasteiger partial charge is 0.488 e. The zero-order valence-electron chi connectivity index (χ0n) is 8.84. The first-order valence-electron chi connectivity index (χ1n) is 5.00. The predicted octanol–water partition coefficient (Wildman–Crippen LogP) is 3.17. The highest BCUT2D eigenvalue weighted by molar-refractivity contribution is 6.67. The normalized spacial score (nSPS) is 17.8. The standard InChI is InChI=1S/C12H13ClO2/c1-12(2)6-5-8-7-9(11(13)14)3-4-10(8)15-12/h3-4,7H,5-6H2,1-2H3. The summed E-state index contributed by atoms with van der Waals surface area (Å²) in [5.74, 6) is 0.868. The first kappa shape index (κ1) is 10.5. The molecule has 2 nitrogen and oxygen atoms in total. The molecule has 0 amide bonds. The number of halogens is 1. The minimum atomic E-state index is -0.414. The number of ether oxygens (including phenoxy) is 1. The number of hydrogen-bond acceptors (Lipinski definition) is 2. The van der Waals surface area contributed by atoms with Crippen LogP contribution < -0.4 is 4.74 Å². The van der Waals surface area contributed by atoms with Crippen molar-refractivity contribution in [2.24, 2.45) is 0 Å². The number of benzene rings is 1. The van der Waals surface area contributed by atoms with Gasteiger partial charge in [0.2, 0.25) is 0 Å². The summed E-state index contributed by atoms with van der Waals surface area (Å²) >= 11 is 5.42. The second-order valence-corrected chi connectivity index (χ2v) is 4.80. The summed E-state index contributed by atoms with van der Waals surface area (Å²) in [6.45, 7) is 4.13. The third kappa shape index (κ3) is 2.15. The van der Waals surface area contributed by atoms with Crippen molar-refractivity contribution in [2.75, 3.05) is 0 Å². The maximum absolute atomic E-state index is 11.0. The van der Waals surface area contributed by atoms with E-state index in [1.807, 2.05) is 12.1 Å². The molecule has 0 fully saturated rings. The molecule has 80 valence electrons. The molecule has 1 aromatic rings. The highest BCUT2D eigenvalue weighted by Crippen LogP contribution is 2.33. The number of aryl methyl sites for hydroxylation is 1. The third-order valence-corrected chi connectivity index (χ3v) is 2.89. The van der Waals surface area contributed by atoms with E-state index in [0.29, 0.717) is 5.56 Å². The van der Waals surface area contributed by atoms with Gasteiger partial charge in [0.05, 0.1) is 0 Å². The lowest BCUT2D eigenvalue weighted by Crippen LogP contribution is -2.32. The second-order valence-electron chi connectivity index (χ2n) is 4.46. The Balaban J connectivity index is 2.36. The number of carbonyl (C=O) groups excluding carboxylic acids is 1. The van der Waals surface area contributed by atoms with Gasteiger partial charge in [-0.1, -0.05) is 0 Å². The topological polar surface area (TPSA) is 26.3 Å². The number of rotatable bonds is 1. The maximum Gasteiger partial charge on any atom is 0.252 e. The molecular formula is C12H13ClO2. The van der Waals surface area contributed by atoms with E-state index in [9.17, 15) is 4.79 Å². The lowest BCUT2D eigenvalue weighted by atomic mass is 9.93. The summed E-state index contributed by atoms with van der Waals surface area (Å²) in [7, 11) is 0. The molecule has 0 aromatic heterocycles. The van der Waals surface area contributed by atoms with E-state index >= 15 is 0 Å². The Hall–Kier alpha value is -1.02. The van der Waals surface area contributed by atoms with E-state index < -0.39 is 5.24 Å². The zero-order valence-corrected chi connectivity index (χ0v) is 9.60. The Kier molecular flexibility index (Phi) is 2.47. The fourth-order valence-corrected chi connectivity index (χ4v) is 1.90. The lowest BCUT2D eigenvalue weighted by molar-refractivity contribution is 0.0846. The third-order valence-electron chi connectivity index (χ3n) is 2.67. The van der Waals surface area contributed by atoms with Gasteiger partial charge in [-0.2, -0.15) is 0 Å².